The second-order valence-corrected chi connectivity index (χ2v) is 7.56. The number of hydrogen-bond acceptors (Lipinski definition) is 6. The van der Waals surface area contributed by atoms with E-state index in [0.29, 0.717) is 5.92 Å². The summed E-state index contributed by atoms with van der Waals surface area (Å²) in [5.41, 5.74) is 3.45. The topological polar surface area (TPSA) is 99.4 Å². The summed E-state index contributed by atoms with van der Waals surface area (Å²) in [6.45, 7) is 1.61. The summed E-state index contributed by atoms with van der Waals surface area (Å²) in [7, 11) is 0. The minimum atomic E-state index is -1.38. The van der Waals surface area contributed by atoms with Gasteiger partial charge in [0.05, 0.1) is 6.10 Å². The second-order valence-electron chi connectivity index (χ2n) is 7.56. The Hall–Kier alpha value is -1.34. The third-order valence-electron chi connectivity index (χ3n) is 5.93. The lowest BCUT2D eigenvalue weighted by molar-refractivity contribution is -0.268. The van der Waals surface area contributed by atoms with E-state index in [1.165, 1.54) is 24.0 Å². The van der Waals surface area contributed by atoms with Crippen molar-refractivity contribution < 1.29 is 29.9 Å². The molecule has 2 aliphatic carbocycles. The molecule has 1 aromatic carbocycles. The predicted molar refractivity (Wildman–Crippen MR) is 89.7 cm³/mol. The van der Waals surface area contributed by atoms with E-state index in [4.69, 9.17) is 9.47 Å². The van der Waals surface area contributed by atoms with Crippen LogP contribution in [-0.2, 0) is 17.6 Å². The minimum absolute atomic E-state index is 0.120. The van der Waals surface area contributed by atoms with E-state index < -0.39 is 30.7 Å². The van der Waals surface area contributed by atoms with Crippen molar-refractivity contribution in [2.24, 2.45) is 0 Å². The van der Waals surface area contributed by atoms with Crippen LogP contribution in [0.15, 0.2) is 6.07 Å². The molecule has 1 unspecified atom stereocenters. The summed E-state index contributed by atoms with van der Waals surface area (Å²) in [6, 6.07) is 1.85. The molecule has 1 aromatic rings. The number of aliphatic hydroxyl groups is 3. The number of phenols is 1. The molecule has 6 heteroatoms. The maximum absolute atomic E-state index is 10.7. The molecule has 3 aliphatic rings. The highest BCUT2D eigenvalue weighted by atomic mass is 16.7. The van der Waals surface area contributed by atoms with Gasteiger partial charge in [0, 0.05) is 5.56 Å². The molecule has 0 aromatic heterocycles. The van der Waals surface area contributed by atoms with Crippen LogP contribution in [0.25, 0.3) is 0 Å². The fourth-order valence-electron chi connectivity index (χ4n) is 4.57. The molecule has 6 atom stereocenters. The van der Waals surface area contributed by atoms with E-state index in [2.05, 4.69) is 0 Å². The normalized spacial score (nSPS) is 37.4. The molecule has 0 saturated carbocycles. The van der Waals surface area contributed by atoms with E-state index in [-0.39, 0.29) is 11.5 Å². The van der Waals surface area contributed by atoms with E-state index >= 15 is 0 Å². The van der Waals surface area contributed by atoms with Gasteiger partial charge in [-0.05, 0) is 68.6 Å². The van der Waals surface area contributed by atoms with Gasteiger partial charge in [0.2, 0.25) is 6.29 Å². The Bertz CT molecular complexity index is 658. The van der Waals surface area contributed by atoms with Gasteiger partial charge in [-0.3, -0.25) is 0 Å². The number of rotatable bonds is 2. The molecule has 6 nitrogen and oxygen atoms in total. The van der Waals surface area contributed by atoms with Crippen molar-refractivity contribution >= 4 is 0 Å². The molecule has 4 N–H and O–H groups in total. The number of phenolic OH excluding ortho intramolecular Hbond substituents is 1. The monoisotopic (exact) mass is 350 g/mol. The standard InChI is InChI=1S/C19H26O6/c1-9-15(20)17(22)18(23)19(24-9)25-13-8-11-6-2-4-10-5-3-7-12(14(10)11)16(13)21/h8-10,15,17-23H,2-7H2,1H3/t9-,10?,15+,17+,18-,19-/m0/s1. The molecular weight excluding hydrogens is 324 g/mol. The van der Waals surface area contributed by atoms with Crippen LogP contribution in [0.2, 0.25) is 0 Å². The number of aryl methyl sites for hydroxylation is 1. The third-order valence-corrected chi connectivity index (χ3v) is 5.93. The van der Waals surface area contributed by atoms with Crippen molar-refractivity contribution in [3.63, 3.8) is 0 Å². The summed E-state index contributed by atoms with van der Waals surface area (Å²) in [5.74, 6) is 0.937. The Morgan fingerprint density at radius 1 is 1.04 bits per heavy atom. The van der Waals surface area contributed by atoms with Crippen molar-refractivity contribution in [2.75, 3.05) is 0 Å². The first-order valence-corrected chi connectivity index (χ1v) is 9.21. The highest BCUT2D eigenvalue weighted by Gasteiger charge is 2.43. The van der Waals surface area contributed by atoms with E-state index in [9.17, 15) is 20.4 Å². The van der Waals surface area contributed by atoms with Crippen molar-refractivity contribution in [1.82, 2.24) is 0 Å². The zero-order chi connectivity index (χ0) is 17.7. The maximum Gasteiger partial charge on any atom is 0.229 e. The molecule has 25 heavy (non-hydrogen) atoms. The molecule has 0 radical (unpaired) electrons. The lowest BCUT2D eigenvalue weighted by Crippen LogP contribution is -2.58. The number of benzene rings is 1. The number of aromatic hydroxyl groups is 1. The molecule has 1 saturated heterocycles. The summed E-state index contributed by atoms with van der Waals surface area (Å²) in [5, 5.41) is 40.6. The smallest absolute Gasteiger partial charge is 0.229 e. The van der Waals surface area contributed by atoms with Crippen LogP contribution in [0.3, 0.4) is 0 Å². The number of ether oxygens (including phenoxy) is 2. The van der Waals surface area contributed by atoms with Crippen LogP contribution >= 0.6 is 0 Å². The molecule has 1 aliphatic heterocycles. The van der Waals surface area contributed by atoms with Gasteiger partial charge < -0.3 is 29.9 Å². The lowest BCUT2D eigenvalue weighted by Gasteiger charge is -2.39. The average molecular weight is 350 g/mol. The molecule has 138 valence electrons. The Morgan fingerprint density at radius 3 is 2.52 bits per heavy atom. The van der Waals surface area contributed by atoms with Gasteiger partial charge >= 0.3 is 0 Å². The van der Waals surface area contributed by atoms with Crippen LogP contribution in [-0.4, -0.2) is 51.1 Å². The van der Waals surface area contributed by atoms with Crippen LogP contribution in [0.4, 0.5) is 0 Å². The Labute approximate surface area is 147 Å². The van der Waals surface area contributed by atoms with Gasteiger partial charge in [0.1, 0.15) is 18.3 Å². The van der Waals surface area contributed by atoms with Gasteiger partial charge in [0.25, 0.3) is 0 Å². The van der Waals surface area contributed by atoms with E-state index in [1.807, 2.05) is 6.07 Å². The second kappa shape index (κ2) is 6.43. The first kappa shape index (κ1) is 17.1. The molecule has 0 bridgehead atoms. The minimum Gasteiger partial charge on any atom is -0.504 e. The molecule has 1 heterocycles. The molecule has 0 amide bonds. The zero-order valence-corrected chi connectivity index (χ0v) is 14.4. The Balaban J connectivity index is 1.65. The summed E-state index contributed by atoms with van der Waals surface area (Å²) in [6.07, 6.45) is 0.603. The summed E-state index contributed by atoms with van der Waals surface area (Å²) >= 11 is 0. The van der Waals surface area contributed by atoms with E-state index in [1.54, 1.807) is 6.92 Å². The summed E-state index contributed by atoms with van der Waals surface area (Å²) < 4.78 is 11.3. The van der Waals surface area contributed by atoms with E-state index in [0.717, 1.165) is 31.2 Å². The highest BCUT2D eigenvalue weighted by molar-refractivity contribution is 5.56. The largest absolute Gasteiger partial charge is 0.504 e. The van der Waals surface area contributed by atoms with Crippen LogP contribution in [0.1, 0.15) is 55.2 Å². The number of hydrogen-bond donors (Lipinski definition) is 4. The van der Waals surface area contributed by atoms with Crippen molar-refractivity contribution in [1.29, 1.82) is 0 Å². The van der Waals surface area contributed by atoms with Gasteiger partial charge in [0.15, 0.2) is 11.5 Å². The molecular formula is C19H26O6. The first-order valence-electron chi connectivity index (χ1n) is 9.21. The molecule has 4 rings (SSSR count). The Morgan fingerprint density at radius 2 is 1.76 bits per heavy atom. The summed E-state index contributed by atoms with van der Waals surface area (Å²) in [4.78, 5) is 0. The van der Waals surface area contributed by atoms with Gasteiger partial charge in [-0.2, -0.15) is 0 Å². The number of aliphatic hydroxyl groups excluding tert-OH is 3. The van der Waals surface area contributed by atoms with Crippen molar-refractivity contribution in [3.05, 3.63) is 22.8 Å². The average Bonchev–Trinajstić information content (AvgIpc) is 2.62. The maximum atomic E-state index is 10.7. The highest BCUT2D eigenvalue weighted by Crippen LogP contribution is 2.48. The fraction of sp³-hybridized carbons (Fsp3) is 0.684. The Kier molecular flexibility index (Phi) is 4.40. The van der Waals surface area contributed by atoms with Crippen molar-refractivity contribution in [2.45, 2.75) is 82.1 Å². The van der Waals surface area contributed by atoms with Gasteiger partial charge in [-0.15, -0.1) is 0 Å². The SMILES string of the molecule is C[C@@H]1O[C@@H](Oc2cc3c4c(c2O)CCCC4CCC3)[C@@H](O)[C@H](O)[C@@H]1O. The molecule has 1 fully saturated rings. The molecule has 0 spiro atoms. The first-order chi connectivity index (χ1) is 12.0. The zero-order valence-electron chi connectivity index (χ0n) is 14.4. The quantitative estimate of drug-likeness (QED) is 0.643. The lowest BCUT2D eigenvalue weighted by atomic mass is 9.73. The van der Waals surface area contributed by atoms with Crippen LogP contribution in [0, 0.1) is 0 Å². The predicted octanol–water partition coefficient (Wildman–Crippen LogP) is 1.35. The van der Waals surface area contributed by atoms with Crippen LogP contribution < -0.4 is 4.74 Å². The van der Waals surface area contributed by atoms with Gasteiger partial charge in [-0.25, -0.2) is 0 Å². The van der Waals surface area contributed by atoms with Gasteiger partial charge in [-0.1, -0.05) is 0 Å². The van der Waals surface area contributed by atoms with Crippen LogP contribution in [0.5, 0.6) is 11.5 Å². The fourth-order valence-corrected chi connectivity index (χ4v) is 4.57. The third kappa shape index (κ3) is 2.81. The van der Waals surface area contributed by atoms with Crippen molar-refractivity contribution in [3.8, 4) is 11.5 Å².